The quantitative estimate of drug-likeness (QED) is 0.606. The first-order valence-corrected chi connectivity index (χ1v) is 8.37. The Labute approximate surface area is 140 Å². The number of ether oxygens (including phenoxy) is 2. The summed E-state index contributed by atoms with van der Waals surface area (Å²) in [6, 6.07) is 0. The van der Waals surface area contributed by atoms with Gasteiger partial charge in [0.1, 0.15) is 12.2 Å². The molecule has 3 fully saturated rings. The van der Waals surface area contributed by atoms with E-state index in [0.29, 0.717) is 12.8 Å². The maximum absolute atomic E-state index is 12.4. The normalized spacial score (nSPS) is 36.4. The first-order valence-electron chi connectivity index (χ1n) is 8.37. The van der Waals surface area contributed by atoms with Gasteiger partial charge in [-0.3, -0.25) is 24.5 Å². The molecule has 132 valence electrons. The molecule has 2 saturated carbocycles. The third-order valence-corrected chi connectivity index (χ3v) is 5.94. The summed E-state index contributed by atoms with van der Waals surface area (Å²) >= 11 is 0. The fourth-order valence-electron chi connectivity index (χ4n) is 4.17. The van der Waals surface area contributed by atoms with Crippen LogP contribution in [0.15, 0.2) is 0 Å². The third-order valence-electron chi connectivity index (χ3n) is 5.94. The Morgan fingerprint density at radius 2 is 2.04 bits per heavy atom. The van der Waals surface area contributed by atoms with Gasteiger partial charge in [0, 0.05) is 18.8 Å². The second-order valence-corrected chi connectivity index (χ2v) is 7.77. The molecule has 2 bridgehead atoms. The summed E-state index contributed by atoms with van der Waals surface area (Å²) < 4.78 is 11.1. The van der Waals surface area contributed by atoms with Crippen molar-refractivity contribution in [3.63, 3.8) is 0 Å². The van der Waals surface area contributed by atoms with Crippen molar-refractivity contribution in [2.24, 2.45) is 22.7 Å². The van der Waals surface area contributed by atoms with Crippen molar-refractivity contribution < 1.29 is 28.7 Å². The molecule has 1 N–H and O–H groups in total. The van der Waals surface area contributed by atoms with Gasteiger partial charge in [0.05, 0.1) is 5.41 Å². The number of hydrogen-bond acceptors (Lipinski definition) is 6. The fraction of sp³-hybridized carbons (Fsp3) is 0.765. The van der Waals surface area contributed by atoms with Gasteiger partial charge < -0.3 is 9.47 Å². The Bertz CT molecular complexity index is 627. The fourth-order valence-corrected chi connectivity index (χ4v) is 4.17. The molecule has 5 unspecified atom stereocenters. The first kappa shape index (κ1) is 16.9. The van der Waals surface area contributed by atoms with Gasteiger partial charge >= 0.3 is 11.9 Å². The lowest BCUT2D eigenvalue weighted by Gasteiger charge is -2.32. The van der Waals surface area contributed by atoms with Gasteiger partial charge in [-0.2, -0.15) is 0 Å². The molecule has 2 aliphatic carbocycles. The van der Waals surface area contributed by atoms with E-state index >= 15 is 0 Å². The summed E-state index contributed by atoms with van der Waals surface area (Å²) in [6.07, 6.45) is 0.397. The van der Waals surface area contributed by atoms with Gasteiger partial charge in [0.2, 0.25) is 11.8 Å². The largest absolute Gasteiger partial charge is 0.458 e. The molecule has 0 aromatic heterocycles. The summed E-state index contributed by atoms with van der Waals surface area (Å²) in [5, 5.41) is 2.22. The first-order chi connectivity index (χ1) is 11.1. The summed E-state index contributed by atoms with van der Waals surface area (Å²) in [5.41, 5.74) is -1.91. The van der Waals surface area contributed by atoms with Gasteiger partial charge in [-0.15, -0.1) is 0 Å². The van der Waals surface area contributed by atoms with E-state index in [-0.39, 0.29) is 24.2 Å². The molecule has 1 heterocycles. The van der Waals surface area contributed by atoms with Crippen LogP contribution in [-0.4, -0.2) is 36.0 Å². The highest BCUT2D eigenvalue weighted by Gasteiger charge is 2.74. The Kier molecular flexibility index (Phi) is 3.73. The lowest BCUT2D eigenvalue weighted by atomic mass is 9.72. The Morgan fingerprint density at radius 3 is 2.62 bits per heavy atom. The number of hydrogen-bond donors (Lipinski definition) is 1. The second kappa shape index (κ2) is 5.29. The van der Waals surface area contributed by atoms with Crippen molar-refractivity contribution >= 4 is 23.8 Å². The van der Waals surface area contributed by atoms with Gasteiger partial charge in [0.25, 0.3) is 0 Å². The summed E-state index contributed by atoms with van der Waals surface area (Å²) in [4.78, 5) is 48.4. The standard InChI is InChI=1S/C17H23NO6/c1-5-16(3,4)14(21)23-11-9-6-10-12(11)24-15(22)17(10,7-9)13(20)18-8(2)19/h9-12H,5-7H2,1-4H3,(H,18,19,20). The molecule has 3 aliphatic rings. The number of amides is 2. The van der Waals surface area contributed by atoms with E-state index < -0.39 is 40.8 Å². The van der Waals surface area contributed by atoms with Crippen molar-refractivity contribution in [1.82, 2.24) is 5.32 Å². The average Bonchev–Trinajstić information content (AvgIpc) is 3.08. The zero-order valence-electron chi connectivity index (χ0n) is 14.4. The van der Waals surface area contributed by atoms with E-state index in [1.54, 1.807) is 0 Å². The molecule has 0 aromatic rings. The molecule has 2 amide bonds. The molecule has 0 radical (unpaired) electrons. The predicted octanol–water partition coefficient (Wildman–Crippen LogP) is 0.949. The molecule has 7 heteroatoms. The van der Waals surface area contributed by atoms with Crippen LogP contribution >= 0.6 is 0 Å². The maximum atomic E-state index is 12.4. The van der Waals surface area contributed by atoms with Crippen molar-refractivity contribution in [2.45, 2.75) is 59.2 Å². The van der Waals surface area contributed by atoms with Gasteiger partial charge in [-0.25, -0.2) is 0 Å². The predicted molar refractivity (Wildman–Crippen MR) is 81.3 cm³/mol. The number of carbonyl (C=O) groups is 4. The minimum Gasteiger partial charge on any atom is -0.458 e. The van der Waals surface area contributed by atoms with Crippen LogP contribution in [-0.2, 0) is 28.7 Å². The molecule has 0 spiro atoms. The highest BCUT2D eigenvalue weighted by molar-refractivity contribution is 6.10. The molecule has 3 rings (SSSR count). The van der Waals surface area contributed by atoms with Gasteiger partial charge in [0.15, 0.2) is 5.41 Å². The number of carbonyl (C=O) groups excluding carboxylic acids is 4. The van der Waals surface area contributed by atoms with Crippen molar-refractivity contribution in [2.75, 3.05) is 0 Å². The number of fused-ring (bicyclic) bond motifs is 1. The van der Waals surface area contributed by atoms with E-state index in [2.05, 4.69) is 5.32 Å². The van der Waals surface area contributed by atoms with E-state index in [1.807, 2.05) is 20.8 Å². The zero-order chi connectivity index (χ0) is 17.9. The van der Waals surface area contributed by atoms with E-state index in [1.165, 1.54) is 6.92 Å². The SMILES string of the molecule is CCC(C)(C)C(=O)OC1C2CC3C1OC(=O)C3(C(=O)NC(C)=O)C2. The molecule has 24 heavy (non-hydrogen) atoms. The van der Waals surface area contributed by atoms with Crippen LogP contribution < -0.4 is 5.32 Å². The van der Waals surface area contributed by atoms with Gasteiger partial charge in [-0.05, 0) is 33.1 Å². The van der Waals surface area contributed by atoms with Crippen LogP contribution in [0, 0.1) is 22.7 Å². The smallest absolute Gasteiger partial charge is 0.322 e. The summed E-state index contributed by atoms with van der Waals surface area (Å²) in [7, 11) is 0. The molecule has 1 aliphatic heterocycles. The summed E-state index contributed by atoms with van der Waals surface area (Å²) in [5.74, 6) is -2.44. The summed E-state index contributed by atoms with van der Waals surface area (Å²) in [6.45, 7) is 6.77. The topological polar surface area (TPSA) is 98.8 Å². The minimum absolute atomic E-state index is 0.0965. The van der Waals surface area contributed by atoms with E-state index in [0.717, 1.165) is 0 Å². The maximum Gasteiger partial charge on any atom is 0.322 e. The Morgan fingerprint density at radius 1 is 1.38 bits per heavy atom. The number of esters is 2. The van der Waals surface area contributed by atoms with Gasteiger partial charge in [-0.1, -0.05) is 6.92 Å². The van der Waals surface area contributed by atoms with Crippen LogP contribution in [0.2, 0.25) is 0 Å². The number of imide groups is 1. The zero-order valence-corrected chi connectivity index (χ0v) is 14.4. The molecular weight excluding hydrogens is 314 g/mol. The molecule has 1 saturated heterocycles. The van der Waals surface area contributed by atoms with E-state index in [4.69, 9.17) is 9.47 Å². The van der Waals surface area contributed by atoms with Crippen LogP contribution in [0.3, 0.4) is 0 Å². The molecule has 7 nitrogen and oxygen atoms in total. The number of rotatable bonds is 4. The van der Waals surface area contributed by atoms with Crippen LogP contribution in [0.25, 0.3) is 0 Å². The van der Waals surface area contributed by atoms with Crippen LogP contribution in [0.5, 0.6) is 0 Å². The Hall–Kier alpha value is -1.92. The lowest BCUT2D eigenvalue weighted by Crippen LogP contribution is -2.51. The highest BCUT2D eigenvalue weighted by atomic mass is 16.6. The van der Waals surface area contributed by atoms with Crippen LogP contribution in [0.1, 0.15) is 47.0 Å². The monoisotopic (exact) mass is 337 g/mol. The van der Waals surface area contributed by atoms with Crippen molar-refractivity contribution in [3.05, 3.63) is 0 Å². The third kappa shape index (κ3) is 2.17. The highest BCUT2D eigenvalue weighted by Crippen LogP contribution is 2.62. The van der Waals surface area contributed by atoms with Crippen molar-refractivity contribution in [3.8, 4) is 0 Å². The average molecular weight is 337 g/mol. The minimum atomic E-state index is -1.30. The molecule has 0 aromatic carbocycles. The van der Waals surface area contributed by atoms with Crippen LogP contribution in [0.4, 0.5) is 0 Å². The number of nitrogens with one attached hydrogen (secondary N) is 1. The lowest BCUT2D eigenvalue weighted by molar-refractivity contribution is -0.170. The van der Waals surface area contributed by atoms with Crippen molar-refractivity contribution in [1.29, 1.82) is 0 Å². The molecular formula is C17H23NO6. The Balaban J connectivity index is 1.80. The molecule has 5 atom stereocenters. The van der Waals surface area contributed by atoms with E-state index in [9.17, 15) is 19.2 Å². The second-order valence-electron chi connectivity index (χ2n) is 7.77.